The number of aliphatic hydroxyl groups is 1. The second-order valence-electron chi connectivity index (χ2n) is 3.91. The van der Waals surface area contributed by atoms with Gasteiger partial charge < -0.3 is 10.2 Å². The van der Waals surface area contributed by atoms with E-state index in [0.717, 1.165) is 0 Å². The number of rotatable bonds is 4. The first-order valence-electron chi connectivity index (χ1n) is 5.39. The third-order valence-corrected chi connectivity index (χ3v) is 2.69. The third-order valence-electron chi connectivity index (χ3n) is 2.69. The van der Waals surface area contributed by atoms with Crippen LogP contribution in [0.25, 0.3) is 0 Å². The van der Waals surface area contributed by atoms with Crippen LogP contribution in [0.15, 0.2) is 48.9 Å². The molecule has 2 aromatic rings. The van der Waals surface area contributed by atoms with Crippen molar-refractivity contribution in [2.75, 3.05) is 0 Å². The monoisotopic (exact) mass is 244 g/mol. The SMILES string of the molecule is O=C(O)C(O)(Cc1ccncn1)c1ccccc1. The molecule has 0 radical (unpaired) electrons. The molecule has 0 spiro atoms. The summed E-state index contributed by atoms with van der Waals surface area (Å²) in [7, 11) is 0. The van der Waals surface area contributed by atoms with Gasteiger partial charge in [0.15, 0.2) is 5.60 Å². The van der Waals surface area contributed by atoms with Crippen molar-refractivity contribution >= 4 is 5.97 Å². The number of hydrogen-bond donors (Lipinski definition) is 2. The van der Waals surface area contributed by atoms with E-state index >= 15 is 0 Å². The maximum Gasteiger partial charge on any atom is 0.340 e. The van der Waals surface area contributed by atoms with Crippen molar-refractivity contribution in [3.63, 3.8) is 0 Å². The first-order chi connectivity index (χ1) is 8.63. The second-order valence-corrected chi connectivity index (χ2v) is 3.91. The van der Waals surface area contributed by atoms with Gasteiger partial charge in [-0.3, -0.25) is 0 Å². The van der Waals surface area contributed by atoms with Crippen LogP contribution < -0.4 is 0 Å². The predicted octanol–water partition coefficient (Wildman–Crippen LogP) is 0.992. The largest absolute Gasteiger partial charge is 0.479 e. The van der Waals surface area contributed by atoms with Crippen LogP contribution in [0.2, 0.25) is 0 Å². The molecule has 0 aliphatic rings. The number of hydrogen-bond acceptors (Lipinski definition) is 4. The zero-order chi connectivity index (χ0) is 13.0. The van der Waals surface area contributed by atoms with Gasteiger partial charge in [0.05, 0.1) is 0 Å². The van der Waals surface area contributed by atoms with Crippen LogP contribution in [0.3, 0.4) is 0 Å². The number of nitrogens with zero attached hydrogens (tertiary/aromatic N) is 2. The van der Waals surface area contributed by atoms with Gasteiger partial charge in [0.2, 0.25) is 0 Å². The molecule has 1 heterocycles. The Morgan fingerprint density at radius 1 is 1.22 bits per heavy atom. The van der Waals surface area contributed by atoms with E-state index in [1.54, 1.807) is 36.4 Å². The fourth-order valence-corrected chi connectivity index (χ4v) is 1.70. The average molecular weight is 244 g/mol. The average Bonchev–Trinajstić information content (AvgIpc) is 2.40. The lowest BCUT2D eigenvalue weighted by atomic mass is 9.89. The first kappa shape index (κ1) is 12.2. The third kappa shape index (κ3) is 2.36. The van der Waals surface area contributed by atoms with Gasteiger partial charge in [-0.2, -0.15) is 0 Å². The van der Waals surface area contributed by atoms with Crippen molar-refractivity contribution in [3.8, 4) is 0 Å². The second kappa shape index (κ2) is 4.93. The summed E-state index contributed by atoms with van der Waals surface area (Å²) in [4.78, 5) is 19.0. The number of aromatic nitrogens is 2. The summed E-state index contributed by atoms with van der Waals surface area (Å²) in [6.45, 7) is 0. The highest BCUT2D eigenvalue weighted by atomic mass is 16.4. The molecule has 0 aliphatic heterocycles. The van der Waals surface area contributed by atoms with Crippen molar-refractivity contribution in [2.24, 2.45) is 0 Å². The van der Waals surface area contributed by atoms with Crippen molar-refractivity contribution in [3.05, 3.63) is 60.2 Å². The van der Waals surface area contributed by atoms with Crippen LogP contribution >= 0.6 is 0 Å². The Morgan fingerprint density at radius 3 is 2.50 bits per heavy atom. The molecule has 1 aromatic carbocycles. The Kier molecular flexibility index (Phi) is 3.34. The fraction of sp³-hybridized carbons (Fsp3) is 0.154. The highest BCUT2D eigenvalue weighted by Crippen LogP contribution is 2.25. The molecule has 2 N–H and O–H groups in total. The van der Waals surface area contributed by atoms with E-state index < -0.39 is 11.6 Å². The van der Waals surface area contributed by atoms with Gasteiger partial charge in [0.1, 0.15) is 6.33 Å². The zero-order valence-corrected chi connectivity index (χ0v) is 9.52. The maximum atomic E-state index is 11.3. The molecule has 5 nitrogen and oxygen atoms in total. The Hall–Kier alpha value is -2.27. The topological polar surface area (TPSA) is 83.3 Å². The molecule has 18 heavy (non-hydrogen) atoms. The number of aliphatic carboxylic acids is 1. The summed E-state index contributed by atoms with van der Waals surface area (Å²) in [5.74, 6) is -1.30. The Labute approximate surface area is 104 Å². The lowest BCUT2D eigenvalue weighted by molar-refractivity contribution is -0.159. The fourth-order valence-electron chi connectivity index (χ4n) is 1.70. The molecular weight excluding hydrogens is 232 g/mol. The molecule has 0 aliphatic carbocycles. The van der Waals surface area contributed by atoms with Gasteiger partial charge in [0, 0.05) is 18.3 Å². The number of carboxylic acid groups (broad SMARTS) is 1. The maximum absolute atomic E-state index is 11.3. The lowest BCUT2D eigenvalue weighted by Gasteiger charge is -2.23. The van der Waals surface area contributed by atoms with E-state index in [0.29, 0.717) is 11.3 Å². The molecule has 0 amide bonds. The van der Waals surface area contributed by atoms with Crippen LogP contribution in [-0.4, -0.2) is 26.2 Å². The van der Waals surface area contributed by atoms with Crippen molar-refractivity contribution < 1.29 is 15.0 Å². The van der Waals surface area contributed by atoms with E-state index in [-0.39, 0.29) is 6.42 Å². The molecule has 1 atom stereocenters. The summed E-state index contributed by atoms with van der Waals surface area (Å²) < 4.78 is 0. The van der Waals surface area contributed by atoms with E-state index in [9.17, 15) is 15.0 Å². The molecule has 1 unspecified atom stereocenters. The quantitative estimate of drug-likeness (QED) is 0.838. The van der Waals surface area contributed by atoms with Gasteiger partial charge in [-0.25, -0.2) is 14.8 Å². The van der Waals surface area contributed by atoms with Crippen LogP contribution in [0.4, 0.5) is 0 Å². The van der Waals surface area contributed by atoms with Crippen molar-refractivity contribution in [1.29, 1.82) is 0 Å². The zero-order valence-electron chi connectivity index (χ0n) is 9.52. The highest BCUT2D eigenvalue weighted by Gasteiger charge is 2.38. The van der Waals surface area contributed by atoms with Gasteiger partial charge in [-0.15, -0.1) is 0 Å². The molecule has 0 saturated carbocycles. The minimum Gasteiger partial charge on any atom is -0.479 e. The van der Waals surface area contributed by atoms with Crippen molar-refractivity contribution in [1.82, 2.24) is 9.97 Å². The van der Waals surface area contributed by atoms with Crippen molar-refractivity contribution in [2.45, 2.75) is 12.0 Å². The molecule has 5 heteroatoms. The standard InChI is InChI=1S/C13H12N2O3/c16-12(17)13(18,10-4-2-1-3-5-10)8-11-6-7-14-9-15-11/h1-7,9,18H,8H2,(H,16,17). The summed E-state index contributed by atoms with van der Waals surface area (Å²) in [6.07, 6.45) is 2.73. The van der Waals surface area contributed by atoms with Gasteiger partial charge >= 0.3 is 5.97 Å². The Balaban J connectivity index is 2.37. The van der Waals surface area contributed by atoms with Crippen LogP contribution in [0.5, 0.6) is 0 Å². The van der Waals surface area contributed by atoms with E-state index in [2.05, 4.69) is 9.97 Å². The molecular formula is C13H12N2O3. The smallest absolute Gasteiger partial charge is 0.340 e. The molecule has 2 rings (SSSR count). The van der Waals surface area contributed by atoms with E-state index in [1.807, 2.05) is 0 Å². The number of carboxylic acids is 1. The lowest BCUT2D eigenvalue weighted by Crippen LogP contribution is -2.38. The summed E-state index contributed by atoms with van der Waals surface area (Å²) in [6, 6.07) is 9.87. The molecule has 0 saturated heterocycles. The van der Waals surface area contributed by atoms with Crippen LogP contribution in [0, 0.1) is 0 Å². The Morgan fingerprint density at radius 2 is 1.94 bits per heavy atom. The molecule has 1 aromatic heterocycles. The molecule has 0 fully saturated rings. The molecule has 0 bridgehead atoms. The van der Waals surface area contributed by atoms with Crippen LogP contribution in [0.1, 0.15) is 11.3 Å². The summed E-state index contributed by atoms with van der Waals surface area (Å²) in [5.41, 5.74) is -1.18. The minimum atomic E-state index is -1.98. The Bertz CT molecular complexity index is 530. The van der Waals surface area contributed by atoms with E-state index in [1.165, 1.54) is 12.5 Å². The minimum absolute atomic E-state index is 0.102. The number of carbonyl (C=O) groups is 1. The summed E-state index contributed by atoms with van der Waals surface area (Å²) in [5, 5.41) is 19.6. The van der Waals surface area contributed by atoms with Gasteiger partial charge in [-0.1, -0.05) is 30.3 Å². The highest BCUT2D eigenvalue weighted by molar-refractivity contribution is 5.79. The van der Waals surface area contributed by atoms with Gasteiger partial charge in [-0.05, 0) is 11.6 Å². The number of benzene rings is 1. The molecule has 92 valence electrons. The normalized spacial score (nSPS) is 13.8. The first-order valence-corrected chi connectivity index (χ1v) is 5.39. The summed E-state index contributed by atoms with van der Waals surface area (Å²) >= 11 is 0. The van der Waals surface area contributed by atoms with Gasteiger partial charge in [0.25, 0.3) is 0 Å². The van der Waals surface area contributed by atoms with E-state index in [4.69, 9.17) is 0 Å². The van der Waals surface area contributed by atoms with Crippen LogP contribution in [-0.2, 0) is 16.8 Å². The predicted molar refractivity (Wildman–Crippen MR) is 63.7 cm³/mol.